The summed E-state index contributed by atoms with van der Waals surface area (Å²) in [4.78, 5) is 4.11. The summed E-state index contributed by atoms with van der Waals surface area (Å²) in [6, 6.07) is 10.5. The van der Waals surface area contributed by atoms with Crippen molar-refractivity contribution in [3.8, 4) is 22.6 Å². The van der Waals surface area contributed by atoms with E-state index in [-0.39, 0.29) is 28.6 Å². The van der Waals surface area contributed by atoms with Crippen LogP contribution in [0.5, 0.6) is 11.5 Å². The lowest BCUT2D eigenvalue weighted by atomic mass is 10.0. The first kappa shape index (κ1) is 25.0. The summed E-state index contributed by atoms with van der Waals surface area (Å²) < 4.78 is 78.4. The number of hydrogen-bond donors (Lipinski definition) is 0. The molecule has 0 radical (unpaired) electrons. The molecular weight excluding hydrogens is 529 g/mol. The van der Waals surface area contributed by atoms with Gasteiger partial charge >= 0.3 is 6.18 Å². The number of sulfone groups is 1. The molecule has 0 aliphatic carbocycles. The first-order chi connectivity index (χ1) is 17.6. The van der Waals surface area contributed by atoms with E-state index in [0.29, 0.717) is 33.0 Å². The summed E-state index contributed by atoms with van der Waals surface area (Å²) in [5, 5.41) is 13.6. The average molecular weight is 549 g/mol. The molecule has 1 aliphatic heterocycles. The number of alkyl halides is 3. The Morgan fingerprint density at radius 3 is 2.62 bits per heavy atom. The van der Waals surface area contributed by atoms with E-state index in [4.69, 9.17) is 9.47 Å². The van der Waals surface area contributed by atoms with Crippen LogP contribution in [-0.2, 0) is 21.8 Å². The largest absolute Gasteiger partial charge is 0.619 e. The van der Waals surface area contributed by atoms with Crippen molar-refractivity contribution >= 4 is 21.2 Å². The second-order valence-electron chi connectivity index (χ2n) is 8.28. The Hall–Kier alpha value is -3.64. The molecule has 0 fully saturated rings. The summed E-state index contributed by atoms with van der Waals surface area (Å²) in [7, 11) is -3.67. The van der Waals surface area contributed by atoms with Crippen LogP contribution >= 0.6 is 11.3 Å². The van der Waals surface area contributed by atoms with Gasteiger partial charge < -0.3 is 14.7 Å². The van der Waals surface area contributed by atoms with Crippen molar-refractivity contribution < 1.29 is 35.8 Å². The molecule has 37 heavy (non-hydrogen) atoms. The third-order valence-electron chi connectivity index (χ3n) is 5.81. The average Bonchev–Trinajstić information content (AvgIpc) is 3.36. The first-order valence-electron chi connectivity index (χ1n) is 11.1. The van der Waals surface area contributed by atoms with Gasteiger partial charge in [0.2, 0.25) is 0 Å². The lowest BCUT2D eigenvalue weighted by Gasteiger charge is -2.28. The van der Waals surface area contributed by atoms with Gasteiger partial charge in [0.25, 0.3) is 0 Å². The Labute approximate surface area is 214 Å². The van der Waals surface area contributed by atoms with Gasteiger partial charge in [0, 0.05) is 41.3 Å². The van der Waals surface area contributed by atoms with Crippen molar-refractivity contribution in [3.05, 3.63) is 93.8 Å². The van der Waals surface area contributed by atoms with Crippen LogP contribution in [0.15, 0.2) is 77.4 Å². The van der Waals surface area contributed by atoms with E-state index in [2.05, 4.69) is 4.98 Å². The monoisotopic (exact) mass is 548 g/mol. The van der Waals surface area contributed by atoms with E-state index < -0.39 is 27.7 Å². The van der Waals surface area contributed by atoms with E-state index in [1.807, 2.05) is 0 Å². The lowest BCUT2D eigenvalue weighted by Crippen LogP contribution is -2.23. The summed E-state index contributed by atoms with van der Waals surface area (Å²) in [6.45, 7) is 0.227. The van der Waals surface area contributed by atoms with Gasteiger partial charge in [-0.2, -0.15) is 17.9 Å². The van der Waals surface area contributed by atoms with Gasteiger partial charge in [0.15, 0.2) is 22.2 Å². The van der Waals surface area contributed by atoms with Crippen LogP contribution in [-0.4, -0.2) is 20.0 Å². The van der Waals surface area contributed by atoms with Gasteiger partial charge in [-0.15, -0.1) is 11.3 Å². The fourth-order valence-corrected chi connectivity index (χ4v) is 6.27. The third-order valence-corrected chi connectivity index (χ3v) is 8.40. The van der Waals surface area contributed by atoms with Crippen molar-refractivity contribution in [2.24, 2.45) is 0 Å². The molecule has 0 N–H and O–H groups in total. The van der Waals surface area contributed by atoms with E-state index >= 15 is 0 Å². The molecule has 4 aromatic rings. The second-order valence-corrected chi connectivity index (χ2v) is 11.3. The molecule has 1 aliphatic rings. The van der Waals surface area contributed by atoms with Crippen LogP contribution in [0.1, 0.15) is 28.7 Å². The first-order valence-corrected chi connectivity index (χ1v) is 13.6. The van der Waals surface area contributed by atoms with Gasteiger partial charge in [-0.05, 0) is 35.9 Å². The number of benzene rings is 2. The number of aromatic nitrogens is 2. The van der Waals surface area contributed by atoms with Gasteiger partial charge in [-0.1, -0.05) is 6.07 Å². The molecule has 12 heteroatoms. The molecule has 0 saturated carbocycles. The van der Waals surface area contributed by atoms with Crippen LogP contribution < -0.4 is 14.2 Å². The van der Waals surface area contributed by atoms with Gasteiger partial charge in [-0.3, -0.25) is 0 Å². The Kier molecular flexibility index (Phi) is 6.54. The molecule has 7 nitrogen and oxygen atoms in total. The molecule has 2 aromatic heterocycles. The van der Waals surface area contributed by atoms with E-state index in [1.165, 1.54) is 60.3 Å². The zero-order valence-corrected chi connectivity index (χ0v) is 20.6. The highest BCUT2D eigenvalue weighted by Gasteiger charge is 2.32. The standard InChI is InChI=1S/C25H19F3N2O5S2/c26-25(27,28)17-1-4-21(20(13-17)16-5-9-30(31)10-6-16)35-22-7-11-34-23-14-18(2-3-19(22)23)37(32,33)15-24-29-8-12-36-24/h1-6,8-10,12-14,22H,7,11,15H2/t22-/m1/s1. The second kappa shape index (κ2) is 9.67. The Bertz CT molecular complexity index is 1520. The molecule has 192 valence electrons. The van der Waals surface area contributed by atoms with Crippen molar-refractivity contribution in [1.29, 1.82) is 0 Å². The number of ether oxygens (including phenoxy) is 2. The molecule has 5 rings (SSSR count). The summed E-state index contributed by atoms with van der Waals surface area (Å²) in [5.74, 6) is 0.283. The van der Waals surface area contributed by atoms with Crippen LogP contribution in [0.25, 0.3) is 11.1 Å². The van der Waals surface area contributed by atoms with Crippen molar-refractivity contribution in [3.63, 3.8) is 0 Å². The topological polar surface area (TPSA) is 92.4 Å². The van der Waals surface area contributed by atoms with Crippen molar-refractivity contribution in [2.75, 3.05) is 6.61 Å². The minimum atomic E-state index is -4.56. The molecule has 0 amide bonds. The van der Waals surface area contributed by atoms with Crippen LogP contribution in [0, 0.1) is 5.21 Å². The summed E-state index contributed by atoms with van der Waals surface area (Å²) >= 11 is 1.25. The number of pyridine rings is 1. The minimum Gasteiger partial charge on any atom is -0.619 e. The quantitative estimate of drug-likeness (QED) is 0.239. The van der Waals surface area contributed by atoms with Gasteiger partial charge in [0.1, 0.15) is 28.4 Å². The number of rotatable bonds is 6. The van der Waals surface area contributed by atoms with E-state index in [0.717, 1.165) is 12.1 Å². The number of fused-ring (bicyclic) bond motifs is 1. The van der Waals surface area contributed by atoms with Crippen molar-refractivity contribution in [2.45, 2.75) is 29.3 Å². The number of thiazole rings is 1. The van der Waals surface area contributed by atoms with E-state index in [1.54, 1.807) is 11.4 Å². The third kappa shape index (κ3) is 5.39. The predicted octanol–water partition coefficient (Wildman–Crippen LogP) is 5.34. The molecule has 0 unspecified atom stereocenters. The van der Waals surface area contributed by atoms with Crippen LogP contribution in [0.2, 0.25) is 0 Å². The highest BCUT2D eigenvalue weighted by atomic mass is 32.2. The van der Waals surface area contributed by atoms with Crippen LogP contribution in [0.4, 0.5) is 13.2 Å². The maximum atomic E-state index is 13.4. The summed E-state index contributed by atoms with van der Waals surface area (Å²) in [6.07, 6.45) is -0.840. The maximum absolute atomic E-state index is 13.4. The molecular formula is C25H19F3N2O5S2. The van der Waals surface area contributed by atoms with Crippen molar-refractivity contribution in [1.82, 2.24) is 4.98 Å². The van der Waals surface area contributed by atoms with Crippen LogP contribution in [0.3, 0.4) is 0 Å². The number of halogens is 3. The normalized spacial score (nSPS) is 15.6. The summed E-state index contributed by atoms with van der Waals surface area (Å²) in [5.41, 5.74) is 0.280. The fraction of sp³-hybridized carbons (Fsp3) is 0.200. The number of hydrogen-bond acceptors (Lipinski definition) is 7. The smallest absolute Gasteiger partial charge is 0.416 e. The fourth-order valence-electron chi connectivity index (χ4n) is 4.00. The number of nitrogens with zero attached hydrogens (tertiary/aromatic N) is 2. The van der Waals surface area contributed by atoms with Gasteiger partial charge in [0.05, 0.1) is 17.1 Å². The molecule has 0 spiro atoms. The highest BCUT2D eigenvalue weighted by Crippen LogP contribution is 2.42. The predicted molar refractivity (Wildman–Crippen MR) is 129 cm³/mol. The molecule has 2 aromatic carbocycles. The minimum absolute atomic E-state index is 0.0764. The molecule has 1 atom stereocenters. The maximum Gasteiger partial charge on any atom is 0.416 e. The zero-order valence-electron chi connectivity index (χ0n) is 19.0. The van der Waals surface area contributed by atoms with Gasteiger partial charge in [-0.25, -0.2) is 13.4 Å². The Morgan fingerprint density at radius 2 is 1.92 bits per heavy atom. The Balaban J connectivity index is 1.47. The SMILES string of the molecule is O=S(=O)(Cc1nccs1)c1ccc2c(c1)OCC[C@H]2Oc1ccc(C(F)(F)F)cc1-c1cc[n+]([O-])cc1. The molecule has 0 saturated heterocycles. The van der Waals surface area contributed by atoms with E-state index in [9.17, 15) is 26.8 Å². The molecule has 3 heterocycles. The Morgan fingerprint density at radius 1 is 1.14 bits per heavy atom. The highest BCUT2D eigenvalue weighted by molar-refractivity contribution is 7.90. The zero-order chi connectivity index (χ0) is 26.2. The molecule has 0 bridgehead atoms. The lowest BCUT2D eigenvalue weighted by molar-refractivity contribution is -0.605.